The van der Waals surface area contributed by atoms with Crippen molar-refractivity contribution in [2.45, 2.75) is 38.4 Å². The summed E-state index contributed by atoms with van der Waals surface area (Å²) in [6.07, 6.45) is 4.40. The van der Waals surface area contributed by atoms with E-state index in [1.54, 1.807) is 0 Å². The maximum Gasteiger partial charge on any atom is 0.302 e. The van der Waals surface area contributed by atoms with Crippen LogP contribution in [0.2, 0.25) is 0 Å². The molecular weight excluding hydrogens is 156 g/mol. The third-order valence-corrected chi connectivity index (χ3v) is 2.64. The minimum atomic E-state index is -0.172. The van der Waals surface area contributed by atoms with Crippen molar-refractivity contribution >= 4 is 5.97 Å². The van der Waals surface area contributed by atoms with Gasteiger partial charge in [0, 0.05) is 6.92 Å². The summed E-state index contributed by atoms with van der Waals surface area (Å²) in [5, 5.41) is 0. The van der Waals surface area contributed by atoms with Crippen LogP contribution in [0.5, 0.6) is 0 Å². The number of fused-ring (bicyclic) bond motifs is 1. The summed E-state index contributed by atoms with van der Waals surface area (Å²) in [7, 11) is 0. The lowest BCUT2D eigenvalue weighted by Crippen LogP contribution is -2.19. The molecule has 0 aromatic rings. The fourth-order valence-corrected chi connectivity index (χ4v) is 1.87. The molecule has 0 spiro atoms. The zero-order valence-corrected chi connectivity index (χ0v) is 7.29. The third kappa shape index (κ3) is 1.78. The first-order chi connectivity index (χ1) is 5.75. The molecule has 1 heterocycles. The summed E-state index contributed by atoms with van der Waals surface area (Å²) in [4.78, 5) is 10.5. The normalized spacial score (nSPS) is 38.6. The van der Waals surface area contributed by atoms with Crippen molar-refractivity contribution in [2.75, 3.05) is 6.61 Å². The molecule has 0 amide bonds. The Bertz CT molecular complexity index is 190. The molecular formula is C9H14O3. The Morgan fingerprint density at radius 2 is 2.33 bits per heavy atom. The van der Waals surface area contributed by atoms with Gasteiger partial charge in [-0.15, -0.1) is 0 Å². The Labute approximate surface area is 72.0 Å². The van der Waals surface area contributed by atoms with Crippen LogP contribution in [-0.4, -0.2) is 24.8 Å². The van der Waals surface area contributed by atoms with E-state index in [9.17, 15) is 4.79 Å². The molecule has 3 unspecified atom stereocenters. The number of carbonyl (C=O) groups excluding carboxylic acids is 1. The van der Waals surface area contributed by atoms with Crippen molar-refractivity contribution in [3.05, 3.63) is 0 Å². The van der Waals surface area contributed by atoms with Gasteiger partial charge in [0.25, 0.3) is 0 Å². The minimum absolute atomic E-state index is 0.172. The zero-order valence-electron chi connectivity index (χ0n) is 7.29. The SMILES string of the molecule is CC(=O)OCC1CCC2OC2C1. The number of epoxide rings is 1. The number of esters is 1. The predicted molar refractivity (Wildman–Crippen MR) is 42.6 cm³/mol. The van der Waals surface area contributed by atoms with E-state index in [1.165, 1.54) is 6.92 Å². The van der Waals surface area contributed by atoms with Gasteiger partial charge < -0.3 is 9.47 Å². The fraction of sp³-hybridized carbons (Fsp3) is 0.889. The largest absolute Gasteiger partial charge is 0.466 e. The van der Waals surface area contributed by atoms with Gasteiger partial charge >= 0.3 is 5.97 Å². The van der Waals surface area contributed by atoms with Gasteiger partial charge in [-0.3, -0.25) is 4.79 Å². The first-order valence-electron chi connectivity index (χ1n) is 4.54. The van der Waals surface area contributed by atoms with E-state index >= 15 is 0 Å². The lowest BCUT2D eigenvalue weighted by molar-refractivity contribution is -0.142. The molecule has 2 rings (SSSR count). The van der Waals surface area contributed by atoms with E-state index in [-0.39, 0.29) is 5.97 Å². The maximum absolute atomic E-state index is 10.5. The molecule has 1 saturated carbocycles. The summed E-state index contributed by atoms with van der Waals surface area (Å²) in [5.74, 6) is 0.367. The van der Waals surface area contributed by atoms with E-state index in [4.69, 9.17) is 9.47 Å². The lowest BCUT2D eigenvalue weighted by Gasteiger charge is -2.17. The van der Waals surface area contributed by atoms with Gasteiger partial charge in [0.15, 0.2) is 0 Å². The second-order valence-electron chi connectivity index (χ2n) is 3.69. The fourth-order valence-electron chi connectivity index (χ4n) is 1.87. The van der Waals surface area contributed by atoms with Crippen molar-refractivity contribution in [3.63, 3.8) is 0 Å². The van der Waals surface area contributed by atoms with Crippen LogP contribution in [0.15, 0.2) is 0 Å². The topological polar surface area (TPSA) is 38.8 Å². The Morgan fingerprint density at radius 1 is 1.50 bits per heavy atom. The van der Waals surface area contributed by atoms with Crippen LogP contribution in [0.25, 0.3) is 0 Å². The van der Waals surface area contributed by atoms with Crippen LogP contribution in [0, 0.1) is 5.92 Å². The van der Waals surface area contributed by atoms with E-state index in [2.05, 4.69) is 0 Å². The van der Waals surface area contributed by atoms with Crippen LogP contribution >= 0.6 is 0 Å². The van der Waals surface area contributed by atoms with Gasteiger partial charge in [-0.05, 0) is 25.2 Å². The highest BCUT2D eigenvalue weighted by atomic mass is 16.6. The molecule has 3 atom stereocenters. The highest BCUT2D eigenvalue weighted by molar-refractivity contribution is 5.65. The molecule has 0 aromatic carbocycles. The van der Waals surface area contributed by atoms with E-state index in [0.717, 1.165) is 19.3 Å². The molecule has 68 valence electrons. The number of rotatable bonds is 2. The number of ether oxygens (including phenoxy) is 2. The molecule has 0 radical (unpaired) electrons. The molecule has 3 heteroatoms. The van der Waals surface area contributed by atoms with E-state index < -0.39 is 0 Å². The Morgan fingerprint density at radius 3 is 3.00 bits per heavy atom. The van der Waals surface area contributed by atoms with Gasteiger partial charge in [-0.2, -0.15) is 0 Å². The monoisotopic (exact) mass is 170 g/mol. The molecule has 0 aromatic heterocycles. The molecule has 1 aliphatic heterocycles. The highest BCUT2D eigenvalue weighted by Crippen LogP contribution is 2.39. The van der Waals surface area contributed by atoms with Crippen LogP contribution in [0.4, 0.5) is 0 Å². The van der Waals surface area contributed by atoms with Gasteiger partial charge in [0.1, 0.15) is 0 Å². The lowest BCUT2D eigenvalue weighted by atomic mass is 9.90. The smallest absolute Gasteiger partial charge is 0.302 e. The van der Waals surface area contributed by atoms with Gasteiger partial charge in [-0.25, -0.2) is 0 Å². The predicted octanol–water partition coefficient (Wildman–Crippen LogP) is 1.12. The first kappa shape index (κ1) is 8.05. The average molecular weight is 170 g/mol. The zero-order chi connectivity index (χ0) is 8.55. The molecule has 0 N–H and O–H groups in total. The number of hydrogen-bond donors (Lipinski definition) is 0. The van der Waals surface area contributed by atoms with Gasteiger partial charge in [0.05, 0.1) is 18.8 Å². The second-order valence-corrected chi connectivity index (χ2v) is 3.69. The highest BCUT2D eigenvalue weighted by Gasteiger charge is 2.43. The summed E-state index contributed by atoms with van der Waals surface area (Å²) < 4.78 is 10.3. The summed E-state index contributed by atoms with van der Waals surface area (Å²) in [5.41, 5.74) is 0. The van der Waals surface area contributed by atoms with E-state index in [0.29, 0.717) is 24.7 Å². The van der Waals surface area contributed by atoms with Crippen molar-refractivity contribution in [2.24, 2.45) is 5.92 Å². The quantitative estimate of drug-likeness (QED) is 0.460. The minimum Gasteiger partial charge on any atom is -0.466 e. The molecule has 0 bridgehead atoms. The van der Waals surface area contributed by atoms with Gasteiger partial charge in [0.2, 0.25) is 0 Å². The Balaban J connectivity index is 1.70. The Hall–Kier alpha value is -0.570. The summed E-state index contributed by atoms with van der Waals surface area (Å²) in [6.45, 7) is 2.04. The second kappa shape index (κ2) is 3.05. The van der Waals surface area contributed by atoms with E-state index in [1.807, 2.05) is 0 Å². The average Bonchev–Trinajstić information content (AvgIpc) is 2.78. The molecule has 1 aliphatic carbocycles. The summed E-state index contributed by atoms with van der Waals surface area (Å²) >= 11 is 0. The summed E-state index contributed by atoms with van der Waals surface area (Å²) in [6, 6.07) is 0. The van der Waals surface area contributed by atoms with Crippen molar-refractivity contribution < 1.29 is 14.3 Å². The molecule has 2 fully saturated rings. The standard InChI is InChI=1S/C9H14O3/c1-6(10)11-5-7-2-3-8-9(4-7)12-8/h7-9H,2-5H2,1H3. The Kier molecular flexibility index (Phi) is 2.05. The molecule has 12 heavy (non-hydrogen) atoms. The van der Waals surface area contributed by atoms with Crippen molar-refractivity contribution in [1.82, 2.24) is 0 Å². The van der Waals surface area contributed by atoms with Crippen LogP contribution < -0.4 is 0 Å². The van der Waals surface area contributed by atoms with Crippen LogP contribution in [0.3, 0.4) is 0 Å². The van der Waals surface area contributed by atoms with Crippen molar-refractivity contribution in [1.29, 1.82) is 0 Å². The number of carbonyl (C=O) groups is 1. The van der Waals surface area contributed by atoms with Crippen LogP contribution in [-0.2, 0) is 14.3 Å². The maximum atomic E-state index is 10.5. The molecule has 1 saturated heterocycles. The van der Waals surface area contributed by atoms with Crippen LogP contribution in [0.1, 0.15) is 26.2 Å². The van der Waals surface area contributed by atoms with Crippen molar-refractivity contribution in [3.8, 4) is 0 Å². The number of hydrogen-bond acceptors (Lipinski definition) is 3. The first-order valence-corrected chi connectivity index (χ1v) is 4.54. The molecule has 3 nitrogen and oxygen atoms in total. The molecule has 2 aliphatic rings. The van der Waals surface area contributed by atoms with Gasteiger partial charge in [-0.1, -0.05) is 0 Å². The third-order valence-electron chi connectivity index (χ3n) is 2.64.